The number of rotatable bonds is 7. The molecule has 0 heterocycles. The van der Waals surface area contributed by atoms with Gasteiger partial charge in [-0.3, -0.25) is 0 Å². The van der Waals surface area contributed by atoms with Crippen LogP contribution >= 0.6 is 0 Å². The fourth-order valence-electron chi connectivity index (χ4n) is 1.54. The van der Waals surface area contributed by atoms with Gasteiger partial charge in [0.05, 0.1) is 8.80 Å². The SMILES string of the molecule is C=C[SiH](CCc1ccccc1)COCC. The molecule has 0 bridgehead atoms. The Balaban J connectivity index is 2.31. The molecular weight excluding hydrogens is 200 g/mol. The lowest BCUT2D eigenvalue weighted by atomic mass is 10.2. The van der Waals surface area contributed by atoms with Gasteiger partial charge in [-0.2, -0.15) is 0 Å². The summed E-state index contributed by atoms with van der Waals surface area (Å²) in [5.74, 6) is 0. The van der Waals surface area contributed by atoms with Crippen molar-refractivity contribution in [3.05, 3.63) is 48.2 Å². The summed E-state index contributed by atoms with van der Waals surface area (Å²) in [6, 6.07) is 11.9. The normalized spacial score (nSPS) is 12.3. The van der Waals surface area contributed by atoms with Crippen LogP contribution in [0.1, 0.15) is 12.5 Å². The van der Waals surface area contributed by atoms with E-state index < -0.39 is 8.80 Å². The van der Waals surface area contributed by atoms with E-state index in [0.717, 1.165) is 19.3 Å². The molecule has 1 aromatic rings. The molecule has 0 radical (unpaired) electrons. The maximum absolute atomic E-state index is 5.47. The first-order valence-corrected chi connectivity index (χ1v) is 7.91. The molecule has 1 nitrogen and oxygen atoms in total. The summed E-state index contributed by atoms with van der Waals surface area (Å²) in [7, 11) is -0.859. The summed E-state index contributed by atoms with van der Waals surface area (Å²) in [6.07, 6.45) is 2.10. The minimum absolute atomic E-state index is 0.822. The fourth-order valence-corrected chi connectivity index (χ4v) is 3.32. The van der Waals surface area contributed by atoms with Crippen molar-refractivity contribution in [1.82, 2.24) is 0 Å². The highest BCUT2D eigenvalue weighted by molar-refractivity contribution is 6.64. The molecule has 1 atom stereocenters. The summed E-state index contributed by atoms with van der Waals surface area (Å²) in [5, 5.41) is 0. The second kappa shape index (κ2) is 7.43. The standard InChI is InChI=1S/C13H20OSi/c1-3-14-12-15(4-2)11-10-13-8-6-5-7-9-13/h4-9,15H,2-3,10-12H2,1H3. The molecule has 1 rings (SSSR count). The van der Waals surface area contributed by atoms with Gasteiger partial charge in [0.15, 0.2) is 0 Å². The van der Waals surface area contributed by atoms with Crippen molar-refractivity contribution in [2.24, 2.45) is 0 Å². The second-order valence-electron chi connectivity index (χ2n) is 3.68. The minimum atomic E-state index is -0.859. The molecule has 0 aliphatic rings. The van der Waals surface area contributed by atoms with E-state index in [1.807, 2.05) is 6.92 Å². The minimum Gasteiger partial charge on any atom is -0.385 e. The van der Waals surface area contributed by atoms with Gasteiger partial charge in [0.25, 0.3) is 0 Å². The molecule has 82 valence electrons. The highest BCUT2D eigenvalue weighted by Gasteiger charge is 2.06. The third-order valence-electron chi connectivity index (χ3n) is 2.52. The van der Waals surface area contributed by atoms with Crippen molar-refractivity contribution >= 4 is 8.80 Å². The molecule has 0 amide bonds. The van der Waals surface area contributed by atoms with E-state index in [2.05, 4.69) is 42.6 Å². The van der Waals surface area contributed by atoms with Crippen molar-refractivity contribution in [3.8, 4) is 0 Å². The van der Waals surface area contributed by atoms with Gasteiger partial charge in [-0.05, 0) is 18.9 Å². The number of benzene rings is 1. The molecule has 0 spiro atoms. The fraction of sp³-hybridized carbons (Fsp3) is 0.385. The van der Waals surface area contributed by atoms with Crippen LogP contribution in [0.15, 0.2) is 42.6 Å². The van der Waals surface area contributed by atoms with Gasteiger partial charge >= 0.3 is 0 Å². The third kappa shape index (κ3) is 4.95. The van der Waals surface area contributed by atoms with E-state index in [-0.39, 0.29) is 0 Å². The average molecular weight is 220 g/mol. The van der Waals surface area contributed by atoms with Crippen LogP contribution in [0.3, 0.4) is 0 Å². The number of hydrogen-bond acceptors (Lipinski definition) is 1. The molecule has 0 N–H and O–H groups in total. The van der Waals surface area contributed by atoms with Crippen molar-refractivity contribution in [1.29, 1.82) is 0 Å². The van der Waals surface area contributed by atoms with Gasteiger partial charge < -0.3 is 4.74 Å². The van der Waals surface area contributed by atoms with Crippen LogP contribution < -0.4 is 0 Å². The molecule has 0 fully saturated rings. The first-order valence-electron chi connectivity index (χ1n) is 5.61. The van der Waals surface area contributed by atoms with Gasteiger partial charge in [0, 0.05) is 12.8 Å². The predicted octanol–water partition coefficient (Wildman–Crippen LogP) is 2.76. The van der Waals surface area contributed by atoms with Crippen LogP contribution in [-0.2, 0) is 11.2 Å². The van der Waals surface area contributed by atoms with Gasteiger partial charge in [0.2, 0.25) is 0 Å². The van der Waals surface area contributed by atoms with E-state index in [0.29, 0.717) is 0 Å². The van der Waals surface area contributed by atoms with E-state index >= 15 is 0 Å². The summed E-state index contributed by atoms with van der Waals surface area (Å²) in [4.78, 5) is 0. The molecular formula is C13H20OSi. The van der Waals surface area contributed by atoms with Crippen LogP contribution in [0.4, 0.5) is 0 Å². The maximum Gasteiger partial charge on any atom is 0.0907 e. The topological polar surface area (TPSA) is 9.23 Å². The van der Waals surface area contributed by atoms with Gasteiger partial charge in [-0.1, -0.05) is 36.4 Å². The summed E-state index contributed by atoms with van der Waals surface area (Å²) in [6.45, 7) is 6.78. The lowest BCUT2D eigenvalue weighted by Crippen LogP contribution is -2.19. The zero-order valence-electron chi connectivity index (χ0n) is 9.49. The zero-order chi connectivity index (χ0) is 10.9. The van der Waals surface area contributed by atoms with Gasteiger partial charge in [-0.25, -0.2) is 0 Å². The Morgan fingerprint density at radius 2 is 2.07 bits per heavy atom. The number of aryl methyl sites for hydroxylation is 1. The van der Waals surface area contributed by atoms with E-state index in [4.69, 9.17) is 4.74 Å². The highest BCUT2D eigenvalue weighted by Crippen LogP contribution is 2.06. The van der Waals surface area contributed by atoms with Crippen molar-refractivity contribution in [2.75, 3.05) is 12.8 Å². The smallest absolute Gasteiger partial charge is 0.0907 e. The molecule has 0 saturated carbocycles. The average Bonchev–Trinajstić information content (AvgIpc) is 2.31. The summed E-state index contributed by atoms with van der Waals surface area (Å²) in [5.41, 5.74) is 3.56. The van der Waals surface area contributed by atoms with Crippen LogP contribution in [0.25, 0.3) is 0 Å². The van der Waals surface area contributed by atoms with Crippen molar-refractivity contribution in [2.45, 2.75) is 19.4 Å². The molecule has 0 saturated heterocycles. The number of hydrogen-bond donors (Lipinski definition) is 0. The van der Waals surface area contributed by atoms with E-state index in [9.17, 15) is 0 Å². The first kappa shape index (κ1) is 12.2. The Labute approximate surface area is 94.4 Å². The van der Waals surface area contributed by atoms with Crippen LogP contribution in [0, 0.1) is 0 Å². The van der Waals surface area contributed by atoms with E-state index in [1.165, 1.54) is 11.6 Å². The largest absolute Gasteiger partial charge is 0.385 e. The molecule has 2 heteroatoms. The maximum atomic E-state index is 5.47. The molecule has 0 aromatic heterocycles. The Hall–Kier alpha value is -0.863. The third-order valence-corrected chi connectivity index (χ3v) is 4.88. The predicted molar refractivity (Wildman–Crippen MR) is 68.8 cm³/mol. The Bertz CT molecular complexity index is 271. The molecule has 0 aliphatic heterocycles. The van der Waals surface area contributed by atoms with Crippen molar-refractivity contribution < 1.29 is 4.74 Å². The molecule has 1 aromatic carbocycles. The lowest BCUT2D eigenvalue weighted by Gasteiger charge is -2.10. The monoisotopic (exact) mass is 220 g/mol. The summed E-state index contributed by atoms with van der Waals surface area (Å²) >= 11 is 0. The molecule has 15 heavy (non-hydrogen) atoms. The number of ether oxygens (including phenoxy) is 1. The van der Waals surface area contributed by atoms with Crippen molar-refractivity contribution in [3.63, 3.8) is 0 Å². The second-order valence-corrected chi connectivity index (χ2v) is 6.58. The van der Waals surface area contributed by atoms with Gasteiger partial charge in [0.1, 0.15) is 0 Å². The Kier molecular flexibility index (Phi) is 6.05. The molecule has 0 aliphatic carbocycles. The Morgan fingerprint density at radius 1 is 1.33 bits per heavy atom. The summed E-state index contributed by atoms with van der Waals surface area (Å²) < 4.78 is 5.47. The van der Waals surface area contributed by atoms with Crippen LogP contribution in [0.5, 0.6) is 0 Å². The van der Waals surface area contributed by atoms with Crippen LogP contribution in [0.2, 0.25) is 6.04 Å². The highest BCUT2D eigenvalue weighted by atomic mass is 28.3. The quantitative estimate of drug-likeness (QED) is 0.642. The first-order chi connectivity index (χ1) is 7.36. The van der Waals surface area contributed by atoms with E-state index in [1.54, 1.807) is 0 Å². The lowest BCUT2D eigenvalue weighted by molar-refractivity contribution is 0.191. The zero-order valence-corrected chi connectivity index (χ0v) is 10.6. The van der Waals surface area contributed by atoms with Crippen LogP contribution in [-0.4, -0.2) is 21.6 Å². The Morgan fingerprint density at radius 3 is 2.67 bits per heavy atom. The molecule has 1 unspecified atom stereocenters. The van der Waals surface area contributed by atoms with Gasteiger partial charge in [-0.15, -0.1) is 12.3 Å².